The van der Waals surface area contributed by atoms with E-state index in [2.05, 4.69) is 4.98 Å². The molecule has 0 radical (unpaired) electrons. The molecule has 0 spiro atoms. The minimum absolute atomic E-state index is 0.119. The molecule has 0 aliphatic heterocycles. The molecule has 0 bridgehead atoms. The number of hydrogen-bond donors (Lipinski definition) is 1. The summed E-state index contributed by atoms with van der Waals surface area (Å²) in [7, 11) is 0. The van der Waals surface area contributed by atoms with Crippen molar-refractivity contribution in [3.05, 3.63) is 36.3 Å². The Morgan fingerprint density at radius 1 is 1.53 bits per heavy atom. The molecule has 2 heterocycles. The standard InChI is InChI=1S/C10H10N2O2S/c13-10(14)7-15-6-8-5-12-4-2-1-3-9(12)11-8/h1-5H,6-7H2,(H,13,14). The molecule has 0 unspecified atom stereocenters. The van der Waals surface area contributed by atoms with Crippen LogP contribution in [0.3, 0.4) is 0 Å². The molecule has 0 amide bonds. The molecule has 78 valence electrons. The molecule has 0 atom stereocenters. The monoisotopic (exact) mass is 222 g/mol. The van der Waals surface area contributed by atoms with Crippen LogP contribution in [0.4, 0.5) is 0 Å². The van der Waals surface area contributed by atoms with E-state index in [9.17, 15) is 4.79 Å². The maximum absolute atomic E-state index is 10.3. The summed E-state index contributed by atoms with van der Waals surface area (Å²) in [5, 5.41) is 8.48. The number of carboxylic acids is 1. The number of nitrogens with zero attached hydrogens (tertiary/aromatic N) is 2. The first-order valence-electron chi connectivity index (χ1n) is 4.48. The highest BCUT2D eigenvalue weighted by molar-refractivity contribution is 7.99. The van der Waals surface area contributed by atoms with Crippen molar-refractivity contribution >= 4 is 23.4 Å². The van der Waals surface area contributed by atoms with Crippen LogP contribution in [0.15, 0.2) is 30.6 Å². The van der Waals surface area contributed by atoms with E-state index >= 15 is 0 Å². The molecule has 0 saturated carbocycles. The van der Waals surface area contributed by atoms with Gasteiger partial charge in [0, 0.05) is 18.1 Å². The average molecular weight is 222 g/mol. The minimum Gasteiger partial charge on any atom is -0.481 e. The highest BCUT2D eigenvalue weighted by Gasteiger charge is 2.02. The van der Waals surface area contributed by atoms with Gasteiger partial charge in [-0.15, -0.1) is 11.8 Å². The fraction of sp³-hybridized carbons (Fsp3) is 0.200. The third-order valence-electron chi connectivity index (χ3n) is 1.89. The first kappa shape index (κ1) is 10.0. The summed E-state index contributed by atoms with van der Waals surface area (Å²) >= 11 is 1.35. The van der Waals surface area contributed by atoms with Gasteiger partial charge >= 0.3 is 5.97 Å². The average Bonchev–Trinajstić information content (AvgIpc) is 2.59. The third kappa shape index (κ3) is 2.50. The molecule has 0 aromatic carbocycles. The maximum atomic E-state index is 10.3. The predicted octanol–water partition coefficient (Wildman–Crippen LogP) is 1.65. The van der Waals surface area contributed by atoms with Crippen molar-refractivity contribution < 1.29 is 9.90 Å². The Morgan fingerprint density at radius 2 is 2.40 bits per heavy atom. The van der Waals surface area contributed by atoms with Crippen LogP contribution in [0, 0.1) is 0 Å². The molecule has 0 saturated heterocycles. The van der Waals surface area contributed by atoms with Gasteiger partial charge in [0.1, 0.15) is 5.65 Å². The molecule has 0 fully saturated rings. The molecule has 2 aromatic heterocycles. The summed E-state index contributed by atoms with van der Waals surface area (Å²) in [4.78, 5) is 14.7. The Hall–Kier alpha value is -1.49. The van der Waals surface area contributed by atoms with Crippen LogP contribution in [0.5, 0.6) is 0 Å². The van der Waals surface area contributed by atoms with Gasteiger partial charge in [-0.05, 0) is 12.1 Å². The number of rotatable bonds is 4. The molecule has 0 aliphatic carbocycles. The molecule has 1 N–H and O–H groups in total. The lowest BCUT2D eigenvalue weighted by Gasteiger charge is -1.92. The van der Waals surface area contributed by atoms with Crippen molar-refractivity contribution in [2.45, 2.75) is 5.75 Å². The highest BCUT2D eigenvalue weighted by Crippen LogP contribution is 2.12. The van der Waals surface area contributed by atoms with E-state index in [0.717, 1.165) is 11.3 Å². The van der Waals surface area contributed by atoms with Gasteiger partial charge in [0.05, 0.1) is 11.4 Å². The smallest absolute Gasteiger partial charge is 0.313 e. The molecular weight excluding hydrogens is 212 g/mol. The number of carboxylic acid groups (broad SMARTS) is 1. The Bertz CT molecular complexity index is 448. The van der Waals surface area contributed by atoms with Crippen molar-refractivity contribution in [2.75, 3.05) is 5.75 Å². The molecule has 15 heavy (non-hydrogen) atoms. The predicted molar refractivity (Wildman–Crippen MR) is 59.0 cm³/mol. The number of carbonyl (C=O) groups is 1. The van der Waals surface area contributed by atoms with Gasteiger partial charge in [0.2, 0.25) is 0 Å². The van der Waals surface area contributed by atoms with Crippen LogP contribution < -0.4 is 0 Å². The molecular formula is C10H10N2O2S. The Kier molecular flexibility index (Phi) is 2.91. The van der Waals surface area contributed by atoms with Crippen LogP contribution in [-0.4, -0.2) is 26.2 Å². The number of hydrogen-bond acceptors (Lipinski definition) is 3. The second-order valence-corrected chi connectivity index (χ2v) is 4.07. The largest absolute Gasteiger partial charge is 0.481 e. The lowest BCUT2D eigenvalue weighted by Crippen LogP contribution is -1.98. The number of aromatic nitrogens is 2. The van der Waals surface area contributed by atoms with Crippen molar-refractivity contribution in [3.8, 4) is 0 Å². The van der Waals surface area contributed by atoms with Gasteiger partial charge in [0.15, 0.2) is 0 Å². The van der Waals surface area contributed by atoms with E-state index in [1.165, 1.54) is 11.8 Å². The summed E-state index contributed by atoms with van der Waals surface area (Å²) in [6, 6.07) is 5.78. The summed E-state index contributed by atoms with van der Waals surface area (Å²) in [5.41, 5.74) is 1.80. The fourth-order valence-corrected chi connectivity index (χ4v) is 1.92. The van der Waals surface area contributed by atoms with Crippen LogP contribution in [0.25, 0.3) is 5.65 Å². The lowest BCUT2D eigenvalue weighted by molar-refractivity contribution is -0.133. The van der Waals surface area contributed by atoms with Crippen molar-refractivity contribution in [2.24, 2.45) is 0 Å². The van der Waals surface area contributed by atoms with Crippen molar-refractivity contribution in [3.63, 3.8) is 0 Å². The number of fused-ring (bicyclic) bond motifs is 1. The molecule has 2 aromatic rings. The Morgan fingerprint density at radius 3 is 3.13 bits per heavy atom. The van der Waals surface area contributed by atoms with E-state index in [1.54, 1.807) is 0 Å². The van der Waals surface area contributed by atoms with Crippen molar-refractivity contribution in [1.82, 2.24) is 9.38 Å². The highest BCUT2D eigenvalue weighted by atomic mass is 32.2. The Labute approximate surface area is 90.9 Å². The zero-order valence-corrected chi connectivity index (χ0v) is 8.78. The van der Waals surface area contributed by atoms with E-state index in [4.69, 9.17) is 5.11 Å². The van der Waals surface area contributed by atoms with Gasteiger partial charge in [-0.2, -0.15) is 0 Å². The fourth-order valence-electron chi connectivity index (χ4n) is 1.30. The molecule has 2 rings (SSSR count). The first-order valence-corrected chi connectivity index (χ1v) is 5.63. The topological polar surface area (TPSA) is 54.6 Å². The molecule has 5 heteroatoms. The Balaban J connectivity index is 2.05. The number of imidazole rings is 1. The van der Waals surface area contributed by atoms with Crippen LogP contribution in [0.2, 0.25) is 0 Å². The van der Waals surface area contributed by atoms with Crippen LogP contribution >= 0.6 is 11.8 Å². The minimum atomic E-state index is -0.788. The third-order valence-corrected chi connectivity index (χ3v) is 2.84. The summed E-state index contributed by atoms with van der Waals surface area (Å²) in [6.07, 6.45) is 3.85. The van der Waals surface area contributed by atoms with E-state index in [-0.39, 0.29) is 5.75 Å². The number of thioether (sulfide) groups is 1. The zero-order chi connectivity index (χ0) is 10.7. The number of pyridine rings is 1. The second-order valence-electron chi connectivity index (χ2n) is 3.08. The van der Waals surface area contributed by atoms with Gasteiger partial charge in [-0.25, -0.2) is 4.98 Å². The lowest BCUT2D eigenvalue weighted by atomic mass is 10.5. The van der Waals surface area contributed by atoms with E-state index in [1.807, 2.05) is 35.0 Å². The van der Waals surface area contributed by atoms with E-state index in [0.29, 0.717) is 5.75 Å². The van der Waals surface area contributed by atoms with E-state index < -0.39 is 5.97 Å². The molecule has 0 aliphatic rings. The SMILES string of the molecule is O=C(O)CSCc1cn2ccccc2n1. The van der Waals surface area contributed by atoms with Crippen LogP contribution in [-0.2, 0) is 10.5 Å². The summed E-state index contributed by atoms with van der Waals surface area (Å²) in [6.45, 7) is 0. The maximum Gasteiger partial charge on any atom is 0.313 e. The zero-order valence-electron chi connectivity index (χ0n) is 7.96. The summed E-state index contributed by atoms with van der Waals surface area (Å²) in [5.74, 6) is -0.0363. The quantitative estimate of drug-likeness (QED) is 0.854. The van der Waals surface area contributed by atoms with Gasteiger partial charge < -0.3 is 9.51 Å². The van der Waals surface area contributed by atoms with Crippen LogP contribution in [0.1, 0.15) is 5.69 Å². The van der Waals surface area contributed by atoms with Gasteiger partial charge in [-0.1, -0.05) is 6.07 Å². The van der Waals surface area contributed by atoms with Crippen molar-refractivity contribution in [1.29, 1.82) is 0 Å². The van der Waals surface area contributed by atoms with Gasteiger partial charge in [0.25, 0.3) is 0 Å². The summed E-state index contributed by atoms with van der Waals surface area (Å²) < 4.78 is 1.93. The first-order chi connectivity index (χ1) is 7.25. The molecule has 4 nitrogen and oxygen atoms in total. The second kappa shape index (κ2) is 4.35. The number of aliphatic carboxylic acids is 1. The van der Waals surface area contributed by atoms with Gasteiger partial charge in [-0.3, -0.25) is 4.79 Å². The normalized spacial score (nSPS) is 10.7.